The number of alkyl halides is 7. The van der Waals surface area contributed by atoms with Gasteiger partial charge >= 0.3 is 6.18 Å². The average molecular weight is 254 g/mol. The van der Waals surface area contributed by atoms with Crippen molar-refractivity contribution in [2.45, 2.75) is 43.4 Å². The molecule has 0 heterocycles. The fourth-order valence-electron chi connectivity index (χ4n) is 1.68. The van der Waals surface area contributed by atoms with Crippen molar-refractivity contribution in [2.24, 2.45) is 5.92 Å². The van der Waals surface area contributed by atoms with Crippen molar-refractivity contribution in [1.82, 2.24) is 0 Å². The summed E-state index contributed by atoms with van der Waals surface area (Å²) in [5.41, 5.74) is -4.37. The first-order valence-electron chi connectivity index (χ1n) is 4.38. The van der Waals surface area contributed by atoms with E-state index in [0.717, 1.165) is 0 Å². The summed E-state index contributed by atoms with van der Waals surface area (Å²) in [7, 11) is 0. The molecule has 0 saturated heterocycles. The molecule has 16 heavy (non-hydrogen) atoms. The van der Waals surface area contributed by atoms with Crippen molar-refractivity contribution in [3.63, 3.8) is 0 Å². The normalized spacial score (nSPS) is 38.4. The van der Waals surface area contributed by atoms with Gasteiger partial charge in [-0.05, 0) is 6.42 Å². The van der Waals surface area contributed by atoms with Crippen LogP contribution in [-0.2, 0) is 0 Å². The summed E-state index contributed by atoms with van der Waals surface area (Å²) in [6.45, 7) is 0.700. The van der Waals surface area contributed by atoms with E-state index in [1.807, 2.05) is 0 Å². The standard InChI is InChI=1S/C8H9F7O/c1-4-2-6(16,8(13,14)15)7(11,12)3-5(4,9)10/h4,16H,2-3H2,1H3. The van der Waals surface area contributed by atoms with Gasteiger partial charge in [-0.25, -0.2) is 17.6 Å². The fraction of sp³-hybridized carbons (Fsp3) is 1.00. The van der Waals surface area contributed by atoms with E-state index in [1.165, 1.54) is 0 Å². The highest BCUT2D eigenvalue weighted by molar-refractivity contribution is 5.07. The molecule has 1 aliphatic carbocycles. The highest BCUT2D eigenvalue weighted by Gasteiger charge is 2.74. The molecule has 1 aliphatic rings. The fourth-order valence-corrected chi connectivity index (χ4v) is 1.68. The zero-order valence-electron chi connectivity index (χ0n) is 8.08. The summed E-state index contributed by atoms with van der Waals surface area (Å²) in [6.07, 6.45) is -9.64. The van der Waals surface area contributed by atoms with Crippen LogP contribution in [0.5, 0.6) is 0 Å². The van der Waals surface area contributed by atoms with E-state index in [4.69, 9.17) is 5.11 Å². The number of hydrogen-bond donors (Lipinski definition) is 1. The quantitative estimate of drug-likeness (QED) is 0.659. The van der Waals surface area contributed by atoms with Crippen LogP contribution >= 0.6 is 0 Å². The second-order valence-corrected chi connectivity index (χ2v) is 4.11. The predicted octanol–water partition coefficient (Wildman–Crippen LogP) is 2.98. The molecule has 0 aliphatic heterocycles. The summed E-state index contributed by atoms with van der Waals surface area (Å²) < 4.78 is 88.5. The van der Waals surface area contributed by atoms with Crippen molar-refractivity contribution < 1.29 is 35.8 Å². The Hall–Kier alpha value is -0.530. The lowest BCUT2D eigenvalue weighted by Crippen LogP contribution is -2.65. The van der Waals surface area contributed by atoms with Crippen LogP contribution in [0, 0.1) is 5.92 Å². The van der Waals surface area contributed by atoms with Gasteiger partial charge < -0.3 is 5.11 Å². The van der Waals surface area contributed by atoms with Crippen LogP contribution in [0.4, 0.5) is 30.7 Å². The second kappa shape index (κ2) is 3.24. The van der Waals surface area contributed by atoms with E-state index in [0.29, 0.717) is 6.92 Å². The number of halogens is 7. The van der Waals surface area contributed by atoms with E-state index in [9.17, 15) is 30.7 Å². The van der Waals surface area contributed by atoms with Crippen LogP contribution in [0.25, 0.3) is 0 Å². The molecule has 1 saturated carbocycles. The molecule has 0 amide bonds. The molecule has 0 aromatic heterocycles. The summed E-state index contributed by atoms with van der Waals surface area (Å²) in [5.74, 6) is -10.8. The molecule has 1 rings (SSSR count). The van der Waals surface area contributed by atoms with Gasteiger partial charge in [-0.2, -0.15) is 13.2 Å². The van der Waals surface area contributed by atoms with Crippen LogP contribution in [0.2, 0.25) is 0 Å². The predicted molar refractivity (Wildman–Crippen MR) is 39.3 cm³/mol. The molecular formula is C8H9F7O. The molecule has 2 unspecified atom stereocenters. The van der Waals surface area contributed by atoms with Crippen LogP contribution in [0.1, 0.15) is 19.8 Å². The lowest BCUT2D eigenvalue weighted by molar-refractivity contribution is -0.367. The number of hydrogen-bond acceptors (Lipinski definition) is 1. The Bertz CT molecular complexity index is 285. The van der Waals surface area contributed by atoms with Crippen molar-refractivity contribution in [3.8, 4) is 0 Å². The van der Waals surface area contributed by atoms with E-state index in [2.05, 4.69) is 0 Å². The topological polar surface area (TPSA) is 20.2 Å². The maximum absolute atomic E-state index is 13.0. The Morgan fingerprint density at radius 2 is 1.56 bits per heavy atom. The minimum absolute atomic E-state index is 0.700. The third kappa shape index (κ3) is 1.76. The van der Waals surface area contributed by atoms with E-state index >= 15 is 0 Å². The molecule has 96 valence electrons. The first-order chi connectivity index (χ1) is 6.83. The summed E-state index contributed by atoms with van der Waals surface area (Å²) in [6, 6.07) is 0. The minimum Gasteiger partial charge on any atom is -0.376 e. The van der Waals surface area contributed by atoms with Crippen molar-refractivity contribution in [3.05, 3.63) is 0 Å². The molecule has 8 heteroatoms. The van der Waals surface area contributed by atoms with Gasteiger partial charge in [0.25, 0.3) is 11.8 Å². The van der Waals surface area contributed by atoms with Gasteiger partial charge in [0.1, 0.15) is 0 Å². The molecule has 1 fully saturated rings. The molecule has 0 spiro atoms. The van der Waals surface area contributed by atoms with E-state index in [-0.39, 0.29) is 0 Å². The average Bonchev–Trinajstić information content (AvgIpc) is 1.97. The lowest BCUT2D eigenvalue weighted by Gasteiger charge is -2.45. The molecule has 2 atom stereocenters. The zero-order valence-corrected chi connectivity index (χ0v) is 8.08. The highest BCUT2D eigenvalue weighted by Crippen LogP contribution is 2.56. The van der Waals surface area contributed by atoms with Gasteiger partial charge in [-0.1, -0.05) is 6.92 Å². The van der Waals surface area contributed by atoms with Crippen LogP contribution in [0.3, 0.4) is 0 Å². The Morgan fingerprint density at radius 1 is 1.12 bits per heavy atom. The lowest BCUT2D eigenvalue weighted by atomic mass is 9.73. The number of aliphatic hydroxyl groups is 1. The van der Waals surface area contributed by atoms with Crippen LogP contribution in [-0.4, -0.2) is 28.7 Å². The largest absolute Gasteiger partial charge is 0.423 e. The van der Waals surface area contributed by atoms with Gasteiger partial charge in [-0.15, -0.1) is 0 Å². The van der Waals surface area contributed by atoms with E-state index in [1.54, 1.807) is 0 Å². The van der Waals surface area contributed by atoms with Gasteiger partial charge in [0.2, 0.25) is 5.60 Å². The minimum atomic E-state index is -5.64. The molecular weight excluding hydrogens is 245 g/mol. The van der Waals surface area contributed by atoms with E-state index < -0.39 is 42.4 Å². The Labute approximate surface area is 86.2 Å². The Balaban J connectivity index is 3.15. The third-order valence-corrected chi connectivity index (χ3v) is 2.85. The molecule has 1 N–H and O–H groups in total. The van der Waals surface area contributed by atoms with Crippen LogP contribution in [0.15, 0.2) is 0 Å². The first kappa shape index (κ1) is 13.5. The summed E-state index contributed by atoms with van der Waals surface area (Å²) in [4.78, 5) is 0. The first-order valence-corrected chi connectivity index (χ1v) is 4.38. The van der Waals surface area contributed by atoms with Crippen molar-refractivity contribution in [1.29, 1.82) is 0 Å². The molecule has 0 bridgehead atoms. The van der Waals surface area contributed by atoms with Crippen molar-refractivity contribution >= 4 is 0 Å². The molecule has 0 radical (unpaired) electrons. The molecule has 0 aromatic carbocycles. The number of rotatable bonds is 0. The smallest absolute Gasteiger partial charge is 0.376 e. The van der Waals surface area contributed by atoms with Gasteiger partial charge in [0.05, 0.1) is 6.42 Å². The molecule has 1 nitrogen and oxygen atoms in total. The maximum Gasteiger partial charge on any atom is 0.423 e. The maximum atomic E-state index is 13.0. The SMILES string of the molecule is CC1CC(O)(C(F)(F)F)C(F)(F)CC1(F)F. The zero-order chi connectivity index (χ0) is 13.0. The summed E-state index contributed by atoms with van der Waals surface area (Å²) >= 11 is 0. The highest BCUT2D eigenvalue weighted by atomic mass is 19.4. The molecule has 0 aromatic rings. The van der Waals surface area contributed by atoms with Crippen molar-refractivity contribution in [2.75, 3.05) is 0 Å². The van der Waals surface area contributed by atoms with Gasteiger partial charge in [0, 0.05) is 5.92 Å². The second-order valence-electron chi connectivity index (χ2n) is 4.11. The van der Waals surface area contributed by atoms with Gasteiger partial charge in [0.15, 0.2) is 0 Å². The Kier molecular flexibility index (Phi) is 2.74. The van der Waals surface area contributed by atoms with Crippen LogP contribution < -0.4 is 0 Å². The summed E-state index contributed by atoms with van der Waals surface area (Å²) in [5, 5.41) is 8.93. The Morgan fingerprint density at radius 3 is 1.94 bits per heavy atom. The third-order valence-electron chi connectivity index (χ3n) is 2.85. The monoisotopic (exact) mass is 254 g/mol. The van der Waals surface area contributed by atoms with Gasteiger partial charge in [-0.3, -0.25) is 0 Å².